The Balaban J connectivity index is 1.61. The van der Waals surface area contributed by atoms with Crippen LogP contribution in [0.25, 0.3) is 0 Å². The molecule has 5 heteroatoms. The molecule has 1 amide bonds. The Morgan fingerprint density at radius 2 is 2.09 bits per heavy atom. The van der Waals surface area contributed by atoms with E-state index in [1.165, 1.54) is 51.6 Å². The van der Waals surface area contributed by atoms with E-state index in [2.05, 4.69) is 29.3 Å². The van der Waals surface area contributed by atoms with E-state index in [0.717, 1.165) is 12.3 Å². The molecule has 0 aromatic heterocycles. The lowest BCUT2D eigenvalue weighted by Crippen LogP contribution is -2.67. The molecule has 5 nitrogen and oxygen atoms in total. The third-order valence-electron chi connectivity index (χ3n) is 7.83. The standard InChI is InChI=1S/C18H29N3O2/c1-12-9-13-10-15-14-5-3-7-20(2)8-4-6-17(13,14)18(11-12)19-16(22)23-21(15)18/h12-15H,3-11H2,1-2H3,(H,19,22)/t12?,13?,14-,15?,17?,18+/m1/s1. The first-order chi connectivity index (χ1) is 11.1. The van der Waals surface area contributed by atoms with Crippen LogP contribution in [0, 0.1) is 23.2 Å². The van der Waals surface area contributed by atoms with Gasteiger partial charge in [0, 0.05) is 5.41 Å². The van der Waals surface area contributed by atoms with Gasteiger partial charge in [0.2, 0.25) is 0 Å². The number of rotatable bonds is 0. The van der Waals surface area contributed by atoms with Crippen LogP contribution in [0.2, 0.25) is 0 Å². The molecule has 5 rings (SSSR count). The zero-order chi connectivity index (χ0) is 15.8. The fourth-order valence-corrected chi connectivity index (χ4v) is 7.39. The van der Waals surface area contributed by atoms with Crippen LogP contribution in [0.15, 0.2) is 0 Å². The number of piperidine rings is 1. The van der Waals surface area contributed by atoms with Gasteiger partial charge in [-0.25, -0.2) is 4.79 Å². The number of hydroxylamine groups is 2. The Morgan fingerprint density at radius 3 is 2.96 bits per heavy atom. The first-order valence-corrected chi connectivity index (χ1v) is 9.55. The fraction of sp³-hybridized carbons (Fsp3) is 0.944. The van der Waals surface area contributed by atoms with Crippen LogP contribution in [0.4, 0.5) is 4.79 Å². The van der Waals surface area contributed by atoms with E-state index in [9.17, 15) is 4.79 Å². The van der Waals surface area contributed by atoms with Crippen LogP contribution in [-0.4, -0.2) is 47.9 Å². The maximum absolute atomic E-state index is 12.1. The zero-order valence-corrected chi connectivity index (χ0v) is 14.4. The van der Waals surface area contributed by atoms with E-state index in [4.69, 9.17) is 4.84 Å². The van der Waals surface area contributed by atoms with Crippen molar-refractivity contribution in [2.45, 2.75) is 63.6 Å². The summed E-state index contributed by atoms with van der Waals surface area (Å²) in [4.78, 5) is 20.4. The van der Waals surface area contributed by atoms with Gasteiger partial charge in [-0.05, 0) is 82.8 Å². The zero-order valence-electron chi connectivity index (χ0n) is 14.4. The predicted octanol–water partition coefficient (Wildman–Crippen LogP) is 2.58. The minimum absolute atomic E-state index is 0.205. The summed E-state index contributed by atoms with van der Waals surface area (Å²) in [5, 5.41) is 5.49. The molecular formula is C18H29N3O2. The lowest BCUT2D eigenvalue weighted by molar-refractivity contribution is -0.211. The highest BCUT2D eigenvalue weighted by molar-refractivity contribution is 5.71. The van der Waals surface area contributed by atoms with Crippen molar-refractivity contribution in [1.29, 1.82) is 0 Å². The van der Waals surface area contributed by atoms with E-state index in [-0.39, 0.29) is 17.2 Å². The Hall–Kier alpha value is -0.810. The Bertz CT molecular complexity index is 540. The van der Waals surface area contributed by atoms with E-state index in [0.29, 0.717) is 17.9 Å². The smallest absolute Gasteiger partial charge is 0.348 e. The third-order valence-corrected chi connectivity index (χ3v) is 7.83. The van der Waals surface area contributed by atoms with Crippen molar-refractivity contribution in [2.75, 3.05) is 20.1 Å². The summed E-state index contributed by atoms with van der Waals surface area (Å²) in [6.07, 6.45) is 8.50. The second-order valence-corrected chi connectivity index (χ2v) is 8.93. The molecular weight excluding hydrogens is 290 g/mol. The molecule has 4 unspecified atom stereocenters. The van der Waals surface area contributed by atoms with Crippen molar-refractivity contribution in [1.82, 2.24) is 15.3 Å². The first kappa shape index (κ1) is 14.5. The van der Waals surface area contributed by atoms with Gasteiger partial charge < -0.3 is 9.74 Å². The molecule has 128 valence electrons. The molecule has 2 bridgehead atoms. The fourth-order valence-electron chi connectivity index (χ4n) is 7.39. The summed E-state index contributed by atoms with van der Waals surface area (Å²) < 4.78 is 0. The molecule has 3 aliphatic heterocycles. The highest BCUT2D eigenvalue weighted by Crippen LogP contribution is 2.72. The Labute approximate surface area is 138 Å². The number of fused-ring (bicyclic) bond motifs is 1. The van der Waals surface area contributed by atoms with Crippen molar-refractivity contribution in [3.63, 3.8) is 0 Å². The van der Waals surface area contributed by atoms with Crippen molar-refractivity contribution in [3.8, 4) is 0 Å². The molecule has 2 spiro atoms. The summed E-state index contributed by atoms with van der Waals surface area (Å²) >= 11 is 0. The van der Waals surface area contributed by atoms with Crippen LogP contribution in [0.3, 0.4) is 0 Å². The summed E-state index contributed by atoms with van der Waals surface area (Å²) in [5.74, 6) is 2.14. The molecule has 0 radical (unpaired) electrons. The molecule has 2 saturated carbocycles. The van der Waals surface area contributed by atoms with Gasteiger partial charge in [0.1, 0.15) is 5.66 Å². The molecule has 2 aliphatic carbocycles. The van der Waals surface area contributed by atoms with E-state index in [1.807, 2.05) is 0 Å². The summed E-state index contributed by atoms with van der Waals surface area (Å²) in [6.45, 7) is 4.75. The first-order valence-electron chi connectivity index (χ1n) is 9.55. The lowest BCUT2D eigenvalue weighted by atomic mass is 9.54. The van der Waals surface area contributed by atoms with Gasteiger partial charge in [-0.2, -0.15) is 0 Å². The predicted molar refractivity (Wildman–Crippen MR) is 86.4 cm³/mol. The molecule has 3 saturated heterocycles. The largest absolute Gasteiger partial charge is 0.427 e. The molecule has 23 heavy (non-hydrogen) atoms. The summed E-state index contributed by atoms with van der Waals surface area (Å²) in [7, 11) is 2.25. The van der Waals surface area contributed by atoms with Crippen molar-refractivity contribution >= 4 is 6.09 Å². The normalized spacial score (nSPS) is 52.9. The number of nitrogens with zero attached hydrogens (tertiary/aromatic N) is 2. The number of nitrogens with one attached hydrogen (secondary N) is 1. The minimum atomic E-state index is -0.209. The average molecular weight is 319 g/mol. The molecule has 0 aromatic rings. The van der Waals surface area contributed by atoms with Crippen molar-refractivity contribution in [2.24, 2.45) is 23.2 Å². The van der Waals surface area contributed by atoms with Crippen LogP contribution < -0.4 is 5.32 Å². The van der Waals surface area contributed by atoms with Crippen LogP contribution in [0.1, 0.15) is 51.9 Å². The molecule has 6 atom stereocenters. The highest BCUT2D eigenvalue weighted by atomic mass is 16.7. The summed E-state index contributed by atoms with van der Waals surface area (Å²) in [6, 6.07) is 0.454. The number of carbonyl (C=O) groups is 1. The molecule has 1 N–H and O–H groups in total. The van der Waals surface area contributed by atoms with Gasteiger partial charge in [0.05, 0.1) is 6.04 Å². The third kappa shape index (κ3) is 1.63. The molecule has 5 aliphatic rings. The van der Waals surface area contributed by atoms with Gasteiger partial charge in [-0.3, -0.25) is 5.32 Å². The van der Waals surface area contributed by atoms with Gasteiger partial charge >= 0.3 is 6.09 Å². The number of carbonyl (C=O) groups excluding carboxylic acids is 1. The second-order valence-electron chi connectivity index (χ2n) is 8.93. The van der Waals surface area contributed by atoms with Crippen molar-refractivity contribution in [3.05, 3.63) is 0 Å². The number of hydrogen-bond acceptors (Lipinski definition) is 4. The second kappa shape index (κ2) is 4.63. The number of amides is 1. The van der Waals surface area contributed by atoms with E-state index in [1.54, 1.807) is 0 Å². The molecule has 0 aromatic carbocycles. The minimum Gasteiger partial charge on any atom is -0.348 e. The molecule has 3 heterocycles. The quantitative estimate of drug-likeness (QED) is 0.745. The van der Waals surface area contributed by atoms with Gasteiger partial charge in [-0.15, -0.1) is 5.06 Å². The van der Waals surface area contributed by atoms with Crippen LogP contribution in [0.5, 0.6) is 0 Å². The highest BCUT2D eigenvalue weighted by Gasteiger charge is 2.79. The van der Waals surface area contributed by atoms with Gasteiger partial charge in [0.15, 0.2) is 0 Å². The van der Waals surface area contributed by atoms with E-state index < -0.39 is 0 Å². The maximum atomic E-state index is 12.1. The lowest BCUT2D eigenvalue weighted by Gasteiger charge is -2.56. The Morgan fingerprint density at radius 1 is 1.26 bits per heavy atom. The van der Waals surface area contributed by atoms with Crippen molar-refractivity contribution < 1.29 is 9.63 Å². The van der Waals surface area contributed by atoms with Gasteiger partial charge in [-0.1, -0.05) is 6.92 Å². The van der Waals surface area contributed by atoms with Crippen LogP contribution in [-0.2, 0) is 4.84 Å². The van der Waals surface area contributed by atoms with E-state index >= 15 is 0 Å². The number of hydrogen-bond donors (Lipinski definition) is 1. The topological polar surface area (TPSA) is 44.8 Å². The van der Waals surface area contributed by atoms with Gasteiger partial charge in [0.25, 0.3) is 0 Å². The Kier molecular flexibility index (Phi) is 2.92. The maximum Gasteiger partial charge on any atom is 0.427 e. The average Bonchev–Trinajstić information content (AvgIpc) is 3.03. The van der Waals surface area contributed by atoms with Crippen LogP contribution >= 0.6 is 0 Å². The SMILES string of the molecule is CC1CC2CC3[C@H]4CCCN(C)CCCC24[C@@]2(C1)NC(=O)ON32. The molecule has 5 fully saturated rings. The summed E-state index contributed by atoms with van der Waals surface area (Å²) in [5.41, 5.74) is 0.0461. The monoisotopic (exact) mass is 319 g/mol.